The summed E-state index contributed by atoms with van der Waals surface area (Å²) in [6.07, 6.45) is 1.65. The van der Waals surface area contributed by atoms with Gasteiger partial charge in [-0.25, -0.2) is 0 Å². The normalized spacial score (nSPS) is 11.9. The van der Waals surface area contributed by atoms with Crippen LogP contribution in [0.5, 0.6) is 0 Å². The van der Waals surface area contributed by atoms with Gasteiger partial charge in [0.15, 0.2) is 5.69 Å². The smallest absolute Gasteiger partial charge is 0.276 e. The standard InChI is InChI=1S/C12H19N5O/c1-4-16(7-9(3)6-13)12(18)11-10(14)8-17(5-2)15-11/h8-9H,4-5,7,14H2,1-3H3. The van der Waals surface area contributed by atoms with Crippen LogP contribution in [0.4, 0.5) is 5.69 Å². The molecule has 1 unspecified atom stereocenters. The molecule has 1 amide bonds. The van der Waals surface area contributed by atoms with Gasteiger partial charge in [-0.15, -0.1) is 0 Å². The highest BCUT2D eigenvalue weighted by Gasteiger charge is 2.21. The van der Waals surface area contributed by atoms with Crippen LogP contribution in [-0.4, -0.2) is 33.7 Å². The third-order valence-corrected chi connectivity index (χ3v) is 2.70. The second-order valence-corrected chi connectivity index (χ2v) is 4.16. The van der Waals surface area contributed by atoms with E-state index < -0.39 is 0 Å². The molecule has 1 rings (SSSR count). The minimum Gasteiger partial charge on any atom is -0.396 e. The van der Waals surface area contributed by atoms with Gasteiger partial charge >= 0.3 is 0 Å². The Labute approximate surface area is 107 Å². The Morgan fingerprint density at radius 1 is 1.67 bits per heavy atom. The zero-order valence-corrected chi connectivity index (χ0v) is 11.1. The number of rotatable bonds is 5. The largest absolute Gasteiger partial charge is 0.396 e. The minimum absolute atomic E-state index is 0.205. The van der Waals surface area contributed by atoms with Crippen molar-refractivity contribution in [1.29, 1.82) is 5.26 Å². The number of hydrogen-bond donors (Lipinski definition) is 1. The zero-order chi connectivity index (χ0) is 13.7. The quantitative estimate of drug-likeness (QED) is 0.846. The molecule has 1 aromatic rings. The molecule has 1 heterocycles. The predicted octanol–water partition coefficient (Wildman–Crippen LogP) is 1.11. The Morgan fingerprint density at radius 2 is 2.33 bits per heavy atom. The number of hydrogen-bond acceptors (Lipinski definition) is 4. The summed E-state index contributed by atoms with van der Waals surface area (Å²) >= 11 is 0. The van der Waals surface area contributed by atoms with Crippen LogP contribution in [0.2, 0.25) is 0 Å². The molecule has 18 heavy (non-hydrogen) atoms. The van der Waals surface area contributed by atoms with E-state index in [9.17, 15) is 4.79 Å². The second kappa shape index (κ2) is 6.05. The maximum Gasteiger partial charge on any atom is 0.276 e. The van der Waals surface area contributed by atoms with Crippen LogP contribution in [0.15, 0.2) is 6.20 Å². The number of nitriles is 1. The SMILES string of the molecule is CCN(CC(C)C#N)C(=O)c1nn(CC)cc1N. The summed E-state index contributed by atoms with van der Waals surface area (Å²) in [6.45, 7) is 7.17. The summed E-state index contributed by atoms with van der Waals surface area (Å²) in [5.74, 6) is -0.423. The number of carbonyl (C=O) groups is 1. The summed E-state index contributed by atoms with van der Waals surface area (Å²) in [4.78, 5) is 13.8. The number of anilines is 1. The first kappa shape index (κ1) is 14.0. The van der Waals surface area contributed by atoms with Crippen molar-refractivity contribution in [3.63, 3.8) is 0 Å². The van der Waals surface area contributed by atoms with Crippen LogP contribution in [0.3, 0.4) is 0 Å². The molecule has 0 saturated heterocycles. The minimum atomic E-state index is -0.218. The average Bonchev–Trinajstić information content (AvgIpc) is 2.76. The fourth-order valence-corrected chi connectivity index (χ4v) is 1.64. The van der Waals surface area contributed by atoms with E-state index >= 15 is 0 Å². The topological polar surface area (TPSA) is 87.9 Å². The monoisotopic (exact) mass is 249 g/mol. The number of aromatic nitrogens is 2. The third kappa shape index (κ3) is 3.00. The van der Waals surface area contributed by atoms with Gasteiger partial charge in [-0.1, -0.05) is 0 Å². The molecular weight excluding hydrogens is 230 g/mol. The number of carbonyl (C=O) groups excluding carboxylic acids is 1. The fourth-order valence-electron chi connectivity index (χ4n) is 1.64. The van der Waals surface area contributed by atoms with Gasteiger partial charge in [0, 0.05) is 25.8 Å². The predicted molar refractivity (Wildman–Crippen MR) is 68.7 cm³/mol. The summed E-state index contributed by atoms with van der Waals surface area (Å²) in [5.41, 5.74) is 6.42. The van der Waals surface area contributed by atoms with Crippen molar-refractivity contribution in [2.24, 2.45) is 5.92 Å². The van der Waals surface area contributed by atoms with E-state index in [1.807, 2.05) is 13.8 Å². The first-order valence-corrected chi connectivity index (χ1v) is 6.05. The summed E-state index contributed by atoms with van der Waals surface area (Å²) < 4.78 is 1.63. The van der Waals surface area contributed by atoms with Crippen molar-refractivity contribution in [1.82, 2.24) is 14.7 Å². The lowest BCUT2D eigenvalue weighted by molar-refractivity contribution is 0.0747. The number of nitrogen functional groups attached to an aromatic ring is 1. The summed E-state index contributed by atoms with van der Waals surface area (Å²) in [6, 6.07) is 2.12. The van der Waals surface area contributed by atoms with Gasteiger partial charge in [0.25, 0.3) is 5.91 Å². The van der Waals surface area contributed by atoms with Crippen molar-refractivity contribution >= 4 is 11.6 Å². The molecule has 0 aromatic carbocycles. The van der Waals surface area contributed by atoms with Crippen LogP contribution in [0.25, 0.3) is 0 Å². The van der Waals surface area contributed by atoms with Crippen molar-refractivity contribution in [3.05, 3.63) is 11.9 Å². The molecule has 6 heteroatoms. The lowest BCUT2D eigenvalue weighted by Crippen LogP contribution is -2.35. The molecule has 0 spiro atoms. The molecule has 0 aliphatic carbocycles. The van der Waals surface area contributed by atoms with Crippen molar-refractivity contribution in [2.45, 2.75) is 27.3 Å². The van der Waals surface area contributed by atoms with E-state index in [4.69, 9.17) is 11.0 Å². The van der Waals surface area contributed by atoms with Crippen LogP contribution < -0.4 is 5.73 Å². The Kier molecular flexibility index (Phi) is 4.72. The van der Waals surface area contributed by atoms with E-state index in [0.717, 1.165) is 0 Å². The van der Waals surface area contributed by atoms with Gasteiger partial charge in [0.2, 0.25) is 0 Å². The van der Waals surface area contributed by atoms with Gasteiger partial charge in [-0.05, 0) is 20.8 Å². The van der Waals surface area contributed by atoms with Crippen molar-refractivity contribution in [2.75, 3.05) is 18.8 Å². The third-order valence-electron chi connectivity index (χ3n) is 2.70. The van der Waals surface area contributed by atoms with E-state index in [2.05, 4.69) is 11.2 Å². The van der Waals surface area contributed by atoms with Crippen LogP contribution in [0, 0.1) is 17.2 Å². The zero-order valence-electron chi connectivity index (χ0n) is 11.1. The average molecular weight is 249 g/mol. The van der Waals surface area contributed by atoms with Crippen molar-refractivity contribution in [3.8, 4) is 6.07 Å². The molecule has 0 aliphatic heterocycles. The van der Waals surface area contributed by atoms with Gasteiger partial charge in [0.05, 0.1) is 17.7 Å². The molecule has 6 nitrogen and oxygen atoms in total. The number of nitrogens with two attached hydrogens (primary N) is 1. The van der Waals surface area contributed by atoms with E-state index in [1.54, 1.807) is 22.7 Å². The Bertz CT molecular complexity index is 460. The molecule has 0 saturated carbocycles. The highest BCUT2D eigenvalue weighted by atomic mass is 16.2. The maximum absolute atomic E-state index is 12.2. The van der Waals surface area contributed by atoms with Crippen molar-refractivity contribution < 1.29 is 4.79 Å². The molecule has 0 bridgehead atoms. The lowest BCUT2D eigenvalue weighted by Gasteiger charge is -2.21. The number of aryl methyl sites for hydroxylation is 1. The fraction of sp³-hybridized carbons (Fsp3) is 0.583. The molecule has 0 radical (unpaired) electrons. The van der Waals surface area contributed by atoms with Crippen LogP contribution in [0.1, 0.15) is 31.3 Å². The Hall–Kier alpha value is -2.03. The van der Waals surface area contributed by atoms with Gasteiger partial charge in [0.1, 0.15) is 0 Å². The van der Waals surface area contributed by atoms with Crippen LogP contribution in [-0.2, 0) is 6.54 Å². The first-order valence-electron chi connectivity index (χ1n) is 6.05. The first-order chi connectivity index (χ1) is 8.53. The Morgan fingerprint density at radius 3 is 2.78 bits per heavy atom. The lowest BCUT2D eigenvalue weighted by atomic mass is 10.2. The van der Waals surface area contributed by atoms with E-state index in [0.29, 0.717) is 25.3 Å². The number of amides is 1. The summed E-state index contributed by atoms with van der Waals surface area (Å²) in [5, 5.41) is 12.9. The number of nitrogens with zero attached hydrogens (tertiary/aromatic N) is 4. The molecule has 1 atom stereocenters. The van der Waals surface area contributed by atoms with Gasteiger partial charge < -0.3 is 10.6 Å². The molecular formula is C12H19N5O. The van der Waals surface area contributed by atoms with Gasteiger partial charge in [-0.3, -0.25) is 9.48 Å². The second-order valence-electron chi connectivity index (χ2n) is 4.16. The molecule has 1 aromatic heterocycles. The molecule has 2 N–H and O–H groups in total. The molecule has 0 fully saturated rings. The Balaban J connectivity index is 2.89. The van der Waals surface area contributed by atoms with Crippen LogP contribution >= 0.6 is 0 Å². The van der Waals surface area contributed by atoms with E-state index in [1.165, 1.54) is 0 Å². The summed E-state index contributed by atoms with van der Waals surface area (Å²) in [7, 11) is 0. The molecule has 0 aliphatic rings. The highest BCUT2D eigenvalue weighted by molar-refractivity contribution is 5.97. The van der Waals surface area contributed by atoms with E-state index in [-0.39, 0.29) is 17.5 Å². The maximum atomic E-state index is 12.2. The molecule has 98 valence electrons. The highest BCUT2D eigenvalue weighted by Crippen LogP contribution is 2.13. The van der Waals surface area contributed by atoms with Gasteiger partial charge in [-0.2, -0.15) is 10.4 Å².